The number of hydrogen-bond donors (Lipinski definition) is 2. The van der Waals surface area contributed by atoms with E-state index in [-0.39, 0.29) is 0 Å². The molecule has 0 radical (unpaired) electrons. The summed E-state index contributed by atoms with van der Waals surface area (Å²) in [6.45, 7) is 5.36. The Morgan fingerprint density at radius 3 is 3.00 bits per heavy atom. The highest BCUT2D eigenvalue weighted by atomic mass is 15.2. The standard InChI is InChI=1S/C17H25N5/c1-2-3-6-10-19-13-9-11-22(12-13)16-14-7-4-5-8-15(14)20-17(18)21-16/h4-5,7-8,13,19H,2-3,6,9-12H2,1H3,(H2,18,20,21). The van der Waals surface area contributed by atoms with Crippen molar-refractivity contribution >= 4 is 22.7 Å². The Morgan fingerprint density at radius 1 is 1.27 bits per heavy atom. The van der Waals surface area contributed by atoms with Gasteiger partial charge in [0.2, 0.25) is 5.95 Å². The third kappa shape index (κ3) is 3.30. The van der Waals surface area contributed by atoms with E-state index in [0.717, 1.165) is 42.8 Å². The van der Waals surface area contributed by atoms with Gasteiger partial charge in [0.25, 0.3) is 0 Å². The maximum absolute atomic E-state index is 5.88. The van der Waals surface area contributed by atoms with Crippen LogP contribution in [-0.2, 0) is 0 Å². The number of nitrogen functional groups attached to an aromatic ring is 1. The molecule has 1 aromatic heterocycles. The third-order valence-electron chi connectivity index (χ3n) is 4.30. The normalized spacial score (nSPS) is 18.2. The van der Waals surface area contributed by atoms with Crippen molar-refractivity contribution in [2.75, 3.05) is 30.3 Å². The second kappa shape index (κ2) is 6.92. The van der Waals surface area contributed by atoms with Gasteiger partial charge in [-0.1, -0.05) is 31.9 Å². The fourth-order valence-electron chi connectivity index (χ4n) is 3.12. The van der Waals surface area contributed by atoms with E-state index in [9.17, 15) is 0 Å². The molecule has 22 heavy (non-hydrogen) atoms. The van der Waals surface area contributed by atoms with Gasteiger partial charge in [-0.3, -0.25) is 0 Å². The second-order valence-electron chi connectivity index (χ2n) is 6.02. The number of aromatic nitrogens is 2. The lowest BCUT2D eigenvalue weighted by molar-refractivity contribution is 0.527. The van der Waals surface area contributed by atoms with Crippen molar-refractivity contribution in [3.8, 4) is 0 Å². The summed E-state index contributed by atoms with van der Waals surface area (Å²) in [5.74, 6) is 1.33. The van der Waals surface area contributed by atoms with Crippen LogP contribution in [0, 0.1) is 0 Å². The molecule has 0 spiro atoms. The van der Waals surface area contributed by atoms with Gasteiger partial charge in [0, 0.05) is 24.5 Å². The van der Waals surface area contributed by atoms with Crippen LogP contribution in [0.4, 0.5) is 11.8 Å². The number of rotatable bonds is 6. The Morgan fingerprint density at radius 2 is 2.14 bits per heavy atom. The predicted molar refractivity (Wildman–Crippen MR) is 92.1 cm³/mol. The summed E-state index contributed by atoms with van der Waals surface area (Å²) in [6.07, 6.45) is 4.99. The van der Waals surface area contributed by atoms with Crippen molar-refractivity contribution in [3.05, 3.63) is 24.3 Å². The van der Waals surface area contributed by atoms with Gasteiger partial charge in [0.15, 0.2) is 0 Å². The predicted octanol–water partition coefficient (Wildman–Crippen LogP) is 2.57. The second-order valence-corrected chi connectivity index (χ2v) is 6.02. The van der Waals surface area contributed by atoms with Crippen molar-refractivity contribution in [2.45, 2.75) is 38.6 Å². The lowest BCUT2D eigenvalue weighted by atomic mass is 10.2. The van der Waals surface area contributed by atoms with Gasteiger partial charge in [-0.05, 0) is 31.5 Å². The van der Waals surface area contributed by atoms with Crippen molar-refractivity contribution < 1.29 is 0 Å². The Balaban J connectivity index is 1.70. The number of benzene rings is 1. The van der Waals surface area contributed by atoms with Crippen LogP contribution in [0.2, 0.25) is 0 Å². The maximum atomic E-state index is 5.88. The minimum absolute atomic E-state index is 0.355. The molecule has 2 aromatic rings. The number of anilines is 2. The molecule has 3 rings (SSSR count). The van der Waals surface area contributed by atoms with Gasteiger partial charge in [-0.2, -0.15) is 4.98 Å². The fraction of sp³-hybridized carbons (Fsp3) is 0.529. The zero-order chi connectivity index (χ0) is 15.4. The summed E-state index contributed by atoms with van der Waals surface area (Å²) in [6, 6.07) is 8.63. The molecular weight excluding hydrogens is 274 g/mol. The first kappa shape index (κ1) is 15.0. The van der Waals surface area contributed by atoms with E-state index in [1.807, 2.05) is 18.2 Å². The first-order valence-corrected chi connectivity index (χ1v) is 8.28. The van der Waals surface area contributed by atoms with E-state index in [2.05, 4.69) is 33.2 Å². The Bertz CT molecular complexity index is 627. The molecule has 0 bridgehead atoms. The summed E-state index contributed by atoms with van der Waals surface area (Å²) in [7, 11) is 0. The van der Waals surface area contributed by atoms with E-state index >= 15 is 0 Å². The topological polar surface area (TPSA) is 67.1 Å². The highest BCUT2D eigenvalue weighted by Gasteiger charge is 2.24. The van der Waals surface area contributed by atoms with Crippen molar-refractivity contribution in [2.24, 2.45) is 0 Å². The number of unbranched alkanes of at least 4 members (excludes halogenated alkanes) is 2. The highest BCUT2D eigenvalue weighted by Crippen LogP contribution is 2.27. The largest absolute Gasteiger partial charge is 0.368 e. The molecular formula is C17H25N5. The van der Waals surface area contributed by atoms with Crippen LogP contribution in [0.15, 0.2) is 24.3 Å². The molecule has 5 heteroatoms. The first-order valence-electron chi connectivity index (χ1n) is 8.28. The monoisotopic (exact) mass is 299 g/mol. The van der Waals surface area contributed by atoms with Crippen molar-refractivity contribution in [1.29, 1.82) is 0 Å². The minimum Gasteiger partial charge on any atom is -0.368 e. The van der Waals surface area contributed by atoms with Crippen LogP contribution in [-0.4, -0.2) is 35.6 Å². The summed E-state index contributed by atoms with van der Waals surface area (Å²) >= 11 is 0. The SMILES string of the molecule is CCCCCNC1CCN(c2nc(N)nc3ccccc23)C1. The first-order chi connectivity index (χ1) is 10.8. The van der Waals surface area contributed by atoms with Crippen molar-refractivity contribution in [1.82, 2.24) is 15.3 Å². The molecule has 1 fully saturated rings. The number of nitrogens with two attached hydrogens (primary N) is 1. The van der Waals surface area contributed by atoms with Gasteiger partial charge in [-0.25, -0.2) is 4.98 Å². The minimum atomic E-state index is 0.355. The van der Waals surface area contributed by atoms with Crippen LogP contribution in [0.5, 0.6) is 0 Å². The van der Waals surface area contributed by atoms with E-state index in [1.54, 1.807) is 0 Å². The highest BCUT2D eigenvalue weighted by molar-refractivity contribution is 5.90. The van der Waals surface area contributed by atoms with Crippen LogP contribution in [0.3, 0.4) is 0 Å². The zero-order valence-electron chi connectivity index (χ0n) is 13.3. The van der Waals surface area contributed by atoms with Gasteiger partial charge in [-0.15, -0.1) is 0 Å². The van der Waals surface area contributed by atoms with E-state index < -0.39 is 0 Å². The van der Waals surface area contributed by atoms with Gasteiger partial charge in [0.1, 0.15) is 5.82 Å². The summed E-state index contributed by atoms with van der Waals surface area (Å²) in [5.41, 5.74) is 6.80. The zero-order valence-corrected chi connectivity index (χ0v) is 13.3. The molecule has 1 saturated heterocycles. The molecule has 118 valence electrons. The van der Waals surface area contributed by atoms with E-state index in [0.29, 0.717) is 12.0 Å². The maximum Gasteiger partial charge on any atom is 0.222 e. The number of para-hydroxylation sites is 1. The molecule has 1 unspecified atom stereocenters. The third-order valence-corrected chi connectivity index (χ3v) is 4.30. The molecule has 1 atom stereocenters. The summed E-state index contributed by atoms with van der Waals surface area (Å²) in [4.78, 5) is 11.1. The lowest BCUT2D eigenvalue weighted by Crippen LogP contribution is -2.33. The van der Waals surface area contributed by atoms with Crippen LogP contribution >= 0.6 is 0 Å². The molecule has 3 N–H and O–H groups in total. The van der Waals surface area contributed by atoms with Gasteiger partial charge in [0.05, 0.1) is 5.52 Å². The van der Waals surface area contributed by atoms with E-state index in [4.69, 9.17) is 5.73 Å². The number of nitrogens with one attached hydrogen (secondary N) is 1. The smallest absolute Gasteiger partial charge is 0.222 e. The van der Waals surface area contributed by atoms with Gasteiger partial charge >= 0.3 is 0 Å². The molecule has 5 nitrogen and oxygen atoms in total. The molecule has 0 saturated carbocycles. The molecule has 1 aromatic carbocycles. The Kier molecular flexibility index (Phi) is 4.73. The average molecular weight is 299 g/mol. The average Bonchev–Trinajstić information content (AvgIpc) is 2.99. The van der Waals surface area contributed by atoms with Crippen molar-refractivity contribution in [3.63, 3.8) is 0 Å². The lowest BCUT2D eigenvalue weighted by Gasteiger charge is -2.20. The number of fused-ring (bicyclic) bond motifs is 1. The fourth-order valence-corrected chi connectivity index (χ4v) is 3.12. The Hall–Kier alpha value is -1.88. The summed E-state index contributed by atoms with van der Waals surface area (Å²) < 4.78 is 0. The molecule has 1 aliphatic heterocycles. The van der Waals surface area contributed by atoms with Crippen LogP contribution in [0.1, 0.15) is 32.6 Å². The summed E-state index contributed by atoms with van der Waals surface area (Å²) in [5, 5.41) is 4.75. The number of hydrogen-bond acceptors (Lipinski definition) is 5. The van der Waals surface area contributed by atoms with Crippen LogP contribution in [0.25, 0.3) is 10.9 Å². The van der Waals surface area contributed by atoms with E-state index in [1.165, 1.54) is 19.3 Å². The van der Waals surface area contributed by atoms with Crippen LogP contribution < -0.4 is 16.0 Å². The molecule has 2 heterocycles. The number of nitrogens with zero attached hydrogens (tertiary/aromatic N) is 3. The molecule has 0 aliphatic carbocycles. The molecule has 1 aliphatic rings. The molecule has 0 amide bonds. The van der Waals surface area contributed by atoms with Gasteiger partial charge < -0.3 is 16.0 Å². The quantitative estimate of drug-likeness (QED) is 0.803. The Labute approximate surface area is 131 Å².